The maximum absolute atomic E-state index is 13.1. The van der Waals surface area contributed by atoms with Crippen molar-refractivity contribution in [2.75, 3.05) is 38.5 Å². The Labute approximate surface area is 175 Å². The van der Waals surface area contributed by atoms with E-state index in [1.54, 1.807) is 12.1 Å². The Bertz CT molecular complexity index is 946. The zero-order valence-electron chi connectivity index (χ0n) is 16.8. The number of thiophene rings is 1. The third kappa shape index (κ3) is 3.67. The van der Waals surface area contributed by atoms with Crippen LogP contribution in [0, 0.1) is 5.92 Å². The molecule has 0 aliphatic carbocycles. The molecule has 3 aliphatic heterocycles. The molecule has 6 nitrogen and oxygen atoms in total. The van der Waals surface area contributed by atoms with Crippen molar-refractivity contribution in [3.8, 4) is 0 Å². The SMILES string of the molecule is CN1CCC(N2C[C@@H]3C[C@H](C2)c2ccc(NC(=O)c4cccs4)c(=O)n2C3)CC1. The first-order chi connectivity index (χ1) is 14.1. The smallest absolute Gasteiger partial charge is 0.274 e. The number of carbonyl (C=O) groups is 1. The molecule has 2 aromatic heterocycles. The lowest BCUT2D eigenvalue weighted by Crippen LogP contribution is -2.53. The van der Waals surface area contributed by atoms with Gasteiger partial charge in [-0.2, -0.15) is 0 Å². The number of nitrogens with one attached hydrogen (secondary N) is 1. The summed E-state index contributed by atoms with van der Waals surface area (Å²) < 4.78 is 1.93. The number of nitrogens with zero attached hydrogens (tertiary/aromatic N) is 3. The van der Waals surface area contributed by atoms with E-state index in [0.717, 1.165) is 25.3 Å². The van der Waals surface area contributed by atoms with Crippen molar-refractivity contribution in [1.29, 1.82) is 0 Å². The van der Waals surface area contributed by atoms with Gasteiger partial charge in [0, 0.05) is 37.3 Å². The molecule has 29 heavy (non-hydrogen) atoms. The molecule has 2 saturated heterocycles. The highest BCUT2D eigenvalue weighted by atomic mass is 32.1. The van der Waals surface area contributed by atoms with Crippen molar-refractivity contribution in [2.24, 2.45) is 5.92 Å². The Balaban J connectivity index is 1.35. The molecule has 2 aromatic rings. The Morgan fingerprint density at radius 3 is 2.72 bits per heavy atom. The molecule has 7 heteroatoms. The standard InChI is InChI=1S/C22H28N4O2S/c1-24-8-6-17(7-9-24)25-12-15-11-16(14-25)19-5-4-18(22(28)26(19)13-15)23-21(27)20-3-2-10-29-20/h2-5,10,15-17H,6-9,11-14H2,1H3,(H,23,27)/t15-,16+/m0/s1. The second-order valence-electron chi connectivity index (χ2n) is 8.81. The van der Waals surface area contributed by atoms with Gasteiger partial charge in [0.1, 0.15) is 5.69 Å². The van der Waals surface area contributed by atoms with Crippen molar-refractivity contribution in [2.45, 2.75) is 37.8 Å². The van der Waals surface area contributed by atoms with Gasteiger partial charge in [-0.1, -0.05) is 6.07 Å². The van der Waals surface area contributed by atoms with Crippen LogP contribution in [0.25, 0.3) is 0 Å². The lowest BCUT2D eigenvalue weighted by molar-refractivity contribution is 0.0517. The molecule has 1 N–H and O–H groups in total. The van der Waals surface area contributed by atoms with E-state index in [9.17, 15) is 9.59 Å². The van der Waals surface area contributed by atoms with Gasteiger partial charge in [0.2, 0.25) is 0 Å². The van der Waals surface area contributed by atoms with Crippen molar-refractivity contribution >= 4 is 22.9 Å². The molecule has 0 unspecified atom stereocenters. The van der Waals surface area contributed by atoms with Crippen molar-refractivity contribution in [1.82, 2.24) is 14.4 Å². The van der Waals surface area contributed by atoms with Gasteiger partial charge in [-0.05, 0) is 68.9 Å². The van der Waals surface area contributed by atoms with Crippen LogP contribution in [0.3, 0.4) is 0 Å². The Morgan fingerprint density at radius 1 is 1.14 bits per heavy atom. The maximum atomic E-state index is 13.1. The monoisotopic (exact) mass is 412 g/mol. The summed E-state index contributed by atoms with van der Waals surface area (Å²) in [6, 6.07) is 8.16. The van der Waals surface area contributed by atoms with Gasteiger partial charge in [0.05, 0.1) is 4.88 Å². The number of amides is 1. The van der Waals surface area contributed by atoms with E-state index in [1.165, 1.54) is 43.7 Å². The second kappa shape index (κ2) is 7.70. The quantitative estimate of drug-likeness (QED) is 0.842. The summed E-state index contributed by atoms with van der Waals surface area (Å²) in [5, 5.41) is 4.68. The summed E-state index contributed by atoms with van der Waals surface area (Å²) >= 11 is 1.38. The highest BCUT2D eigenvalue weighted by Gasteiger charge is 2.37. The average Bonchev–Trinajstić information content (AvgIpc) is 3.26. The minimum absolute atomic E-state index is 0.0603. The van der Waals surface area contributed by atoms with Crippen LogP contribution in [0.4, 0.5) is 5.69 Å². The molecular formula is C22H28N4O2S. The molecule has 2 bridgehead atoms. The first-order valence-corrected chi connectivity index (χ1v) is 11.5. The van der Waals surface area contributed by atoms with E-state index in [0.29, 0.717) is 28.4 Å². The van der Waals surface area contributed by atoms with Gasteiger partial charge in [0.25, 0.3) is 11.5 Å². The van der Waals surface area contributed by atoms with Crippen LogP contribution in [0.1, 0.15) is 40.5 Å². The molecule has 0 aromatic carbocycles. The number of pyridine rings is 1. The van der Waals surface area contributed by atoms with Crippen LogP contribution in [-0.4, -0.2) is 59.5 Å². The minimum Gasteiger partial charge on any atom is -0.317 e. The van der Waals surface area contributed by atoms with Crippen LogP contribution in [0.15, 0.2) is 34.4 Å². The fraction of sp³-hybridized carbons (Fsp3) is 0.545. The third-order valence-corrected chi connectivity index (χ3v) is 7.70. The lowest BCUT2D eigenvalue weighted by Gasteiger charge is -2.47. The van der Waals surface area contributed by atoms with Crippen molar-refractivity contribution in [3.05, 3.63) is 50.6 Å². The number of carbonyl (C=O) groups excluding carboxylic acids is 1. The summed E-state index contributed by atoms with van der Waals surface area (Å²) in [4.78, 5) is 31.2. The predicted molar refractivity (Wildman–Crippen MR) is 116 cm³/mol. The first kappa shape index (κ1) is 19.0. The number of rotatable bonds is 3. The van der Waals surface area contributed by atoms with Crippen molar-refractivity contribution in [3.63, 3.8) is 0 Å². The first-order valence-electron chi connectivity index (χ1n) is 10.6. The number of likely N-dealkylation sites (tertiary alicyclic amines) is 2. The van der Waals surface area contributed by atoms with E-state index in [2.05, 4.69) is 28.2 Å². The molecule has 154 valence electrons. The number of hydrogen-bond acceptors (Lipinski definition) is 5. The van der Waals surface area contributed by atoms with Gasteiger partial charge in [0.15, 0.2) is 0 Å². The molecule has 2 fully saturated rings. The zero-order valence-corrected chi connectivity index (χ0v) is 17.7. The second-order valence-corrected chi connectivity index (χ2v) is 9.75. The van der Waals surface area contributed by atoms with Gasteiger partial charge in [-0.15, -0.1) is 11.3 Å². The lowest BCUT2D eigenvalue weighted by atomic mass is 9.82. The Kier molecular flexibility index (Phi) is 5.05. The minimum atomic E-state index is -0.206. The van der Waals surface area contributed by atoms with E-state index >= 15 is 0 Å². The average molecular weight is 413 g/mol. The summed E-state index contributed by atoms with van der Waals surface area (Å²) in [6.07, 6.45) is 3.66. The van der Waals surface area contributed by atoms with E-state index < -0.39 is 0 Å². The van der Waals surface area contributed by atoms with Gasteiger partial charge in [-0.25, -0.2) is 0 Å². The highest BCUT2D eigenvalue weighted by Crippen LogP contribution is 2.37. The van der Waals surface area contributed by atoms with Gasteiger partial charge >= 0.3 is 0 Å². The van der Waals surface area contributed by atoms with Gasteiger partial charge < -0.3 is 14.8 Å². The molecule has 5 rings (SSSR count). The molecule has 5 heterocycles. The van der Waals surface area contributed by atoms with Crippen LogP contribution < -0.4 is 10.9 Å². The number of hydrogen-bond donors (Lipinski definition) is 1. The summed E-state index contributed by atoms with van der Waals surface area (Å²) in [7, 11) is 2.21. The maximum Gasteiger partial charge on any atom is 0.274 e. The number of aromatic nitrogens is 1. The van der Waals surface area contributed by atoms with Gasteiger partial charge in [-0.3, -0.25) is 14.5 Å². The fourth-order valence-electron chi connectivity index (χ4n) is 5.33. The molecular weight excluding hydrogens is 384 g/mol. The number of piperidine rings is 2. The molecule has 0 saturated carbocycles. The molecule has 0 radical (unpaired) electrons. The van der Waals surface area contributed by atoms with Crippen LogP contribution in [-0.2, 0) is 6.54 Å². The normalized spacial score (nSPS) is 25.6. The van der Waals surface area contributed by atoms with Crippen molar-refractivity contribution < 1.29 is 4.79 Å². The fourth-order valence-corrected chi connectivity index (χ4v) is 5.95. The highest BCUT2D eigenvalue weighted by molar-refractivity contribution is 7.12. The summed E-state index contributed by atoms with van der Waals surface area (Å²) in [6.45, 7) is 5.25. The Morgan fingerprint density at radius 2 is 1.97 bits per heavy atom. The van der Waals surface area contributed by atoms with E-state index in [1.807, 2.05) is 16.0 Å². The third-order valence-electron chi connectivity index (χ3n) is 6.83. The number of anilines is 1. The summed E-state index contributed by atoms with van der Waals surface area (Å²) in [5.74, 6) is 0.723. The largest absolute Gasteiger partial charge is 0.317 e. The molecule has 0 spiro atoms. The van der Waals surface area contributed by atoms with Crippen LogP contribution in [0.2, 0.25) is 0 Å². The zero-order chi connectivity index (χ0) is 20.0. The predicted octanol–water partition coefficient (Wildman–Crippen LogP) is 2.68. The van der Waals surface area contributed by atoms with Crippen LogP contribution >= 0.6 is 11.3 Å². The van der Waals surface area contributed by atoms with E-state index in [-0.39, 0.29) is 11.5 Å². The summed E-state index contributed by atoms with van der Waals surface area (Å²) in [5.41, 5.74) is 1.46. The Hall–Kier alpha value is -1.96. The number of fused-ring (bicyclic) bond motifs is 4. The topological polar surface area (TPSA) is 57.6 Å². The molecule has 3 aliphatic rings. The van der Waals surface area contributed by atoms with Crippen LogP contribution in [0.5, 0.6) is 0 Å². The molecule has 1 amide bonds. The molecule has 2 atom stereocenters. The van der Waals surface area contributed by atoms with E-state index in [4.69, 9.17) is 0 Å².